The maximum absolute atomic E-state index is 12.2. The third-order valence-corrected chi connectivity index (χ3v) is 4.00. The number of ether oxygens (including phenoxy) is 3. The molecule has 0 radical (unpaired) electrons. The smallest absolute Gasteiger partial charge is 0.339 e. The van der Waals surface area contributed by atoms with Crippen LogP contribution in [0.1, 0.15) is 43.5 Å². The summed E-state index contributed by atoms with van der Waals surface area (Å²) < 4.78 is 16.1. The Kier molecular flexibility index (Phi) is 7.27. The Hall–Kier alpha value is -2.75. The number of hydrogen-bond donors (Lipinski definition) is 0. The monoisotopic (exact) mass is 360 g/mol. The van der Waals surface area contributed by atoms with Crippen LogP contribution in [0.15, 0.2) is 18.2 Å². The van der Waals surface area contributed by atoms with Crippen molar-refractivity contribution >= 4 is 11.9 Å². The predicted octanol–water partition coefficient (Wildman–Crippen LogP) is 2.55. The molecule has 0 saturated carbocycles. The SMILES string of the molecule is CCOc1cc(C(=O)OC(C)C#N)ccc1OCC(=O)N1CCCCC1. The zero-order chi connectivity index (χ0) is 18.9. The van der Waals surface area contributed by atoms with Gasteiger partial charge in [-0.2, -0.15) is 5.26 Å². The summed E-state index contributed by atoms with van der Waals surface area (Å²) in [6.45, 7) is 5.14. The van der Waals surface area contributed by atoms with Crippen LogP contribution in [-0.2, 0) is 9.53 Å². The van der Waals surface area contributed by atoms with Crippen molar-refractivity contribution in [2.24, 2.45) is 0 Å². The van der Waals surface area contributed by atoms with Crippen LogP contribution in [0.4, 0.5) is 0 Å². The number of esters is 1. The summed E-state index contributed by atoms with van der Waals surface area (Å²) >= 11 is 0. The van der Waals surface area contributed by atoms with Crippen molar-refractivity contribution in [1.29, 1.82) is 5.26 Å². The van der Waals surface area contributed by atoms with Gasteiger partial charge in [0.25, 0.3) is 5.91 Å². The van der Waals surface area contributed by atoms with Gasteiger partial charge in [-0.15, -0.1) is 0 Å². The molecule has 1 heterocycles. The van der Waals surface area contributed by atoms with Crippen LogP contribution in [0.25, 0.3) is 0 Å². The van der Waals surface area contributed by atoms with Crippen molar-refractivity contribution in [3.63, 3.8) is 0 Å². The molecule has 1 atom stereocenters. The van der Waals surface area contributed by atoms with Gasteiger partial charge in [0.05, 0.1) is 12.2 Å². The Balaban J connectivity index is 2.04. The van der Waals surface area contributed by atoms with E-state index in [-0.39, 0.29) is 18.1 Å². The molecule has 1 aliphatic rings. The fraction of sp³-hybridized carbons (Fsp3) is 0.526. The number of rotatable bonds is 7. The largest absolute Gasteiger partial charge is 0.490 e. The molecule has 2 rings (SSSR count). The minimum Gasteiger partial charge on any atom is -0.490 e. The van der Waals surface area contributed by atoms with Gasteiger partial charge in [0.1, 0.15) is 6.07 Å². The standard InChI is InChI=1S/C19H24N2O5/c1-3-24-17-11-15(19(23)26-14(2)12-20)7-8-16(17)25-13-18(22)21-9-5-4-6-10-21/h7-8,11,14H,3-6,9-10,13H2,1-2H3. The highest BCUT2D eigenvalue weighted by molar-refractivity contribution is 5.90. The summed E-state index contributed by atoms with van der Waals surface area (Å²) in [5.74, 6) is 0.0783. The van der Waals surface area contributed by atoms with E-state index in [1.165, 1.54) is 19.1 Å². The first-order valence-corrected chi connectivity index (χ1v) is 8.83. The first-order chi connectivity index (χ1) is 12.5. The van der Waals surface area contributed by atoms with Gasteiger partial charge in [-0.1, -0.05) is 0 Å². The van der Waals surface area contributed by atoms with Gasteiger partial charge in [0.2, 0.25) is 0 Å². The van der Waals surface area contributed by atoms with Crippen LogP contribution in [0.5, 0.6) is 11.5 Å². The molecule has 0 N–H and O–H groups in total. The maximum atomic E-state index is 12.2. The minimum absolute atomic E-state index is 0.0570. The summed E-state index contributed by atoms with van der Waals surface area (Å²) in [5, 5.41) is 8.74. The Morgan fingerprint density at radius 2 is 1.92 bits per heavy atom. The van der Waals surface area contributed by atoms with Crippen molar-refractivity contribution < 1.29 is 23.8 Å². The summed E-state index contributed by atoms with van der Waals surface area (Å²) in [6, 6.07) is 6.43. The average molecular weight is 360 g/mol. The van der Waals surface area contributed by atoms with E-state index in [1.807, 2.05) is 13.0 Å². The number of carbonyl (C=O) groups is 2. The van der Waals surface area contributed by atoms with Gasteiger partial charge in [0, 0.05) is 13.1 Å². The maximum Gasteiger partial charge on any atom is 0.339 e. The van der Waals surface area contributed by atoms with E-state index in [2.05, 4.69) is 0 Å². The lowest BCUT2D eigenvalue weighted by Gasteiger charge is -2.26. The molecule has 1 amide bonds. The molecule has 26 heavy (non-hydrogen) atoms. The summed E-state index contributed by atoms with van der Waals surface area (Å²) in [7, 11) is 0. The fourth-order valence-corrected chi connectivity index (χ4v) is 2.65. The second kappa shape index (κ2) is 9.66. The molecular weight excluding hydrogens is 336 g/mol. The van der Waals surface area contributed by atoms with Gasteiger partial charge in [-0.3, -0.25) is 4.79 Å². The van der Waals surface area contributed by atoms with Crippen LogP contribution in [0.3, 0.4) is 0 Å². The van der Waals surface area contributed by atoms with E-state index in [4.69, 9.17) is 19.5 Å². The van der Waals surface area contributed by atoms with Crippen molar-refractivity contribution in [2.75, 3.05) is 26.3 Å². The molecule has 1 unspecified atom stereocenters. The number of benzene rings is 1. The number of likely N-dealkylation sites (tertiary alicyclic amines) is 1. The first kappa shape index (κ1) is 19.6. The molecule has 7 heteroatoms. The van der Waals surface area contributed by atoms with Crippen molar-refractivity contribution in [3.8, 4) is 17.6 Å². The molecule has 0 spiro atoms. The molecule has 1 aromatic rings. The third-order valence-electron chi connectivity index (χ3n) is 4.00. The second-order valence-corrected chi connectivity index (χ2v) is 6.00. The van der Waals surface area contributed by atoms with Crippen LogP contribution in [0.2, 0.25) is 0 Å². The normalized spacial score (nSPS) is 14.9. The second-order valence-electron chi connectivity index (χ2n) is 6.00. The van der Waals surface area contributed by atoms with Crippen molar-refractivity contribution in [3.05, 3.63) is 23.8 Å². The van der Waals surface area contributed by atoms with Crippen LogP contribution in [0, 0.1) is 11.3 Å². The highest BCUT2D eigenvalue weighted by atomic mass is 16.5. The number of carbonyl (C=O) groups excluding carboxylic acids is 2. The summed E-state index contributed by atoms with van der Waals surface area (Å²) in [5.41, 5.74) is 0.255. The van der Waals surface area contributed by atoms with Crippen molar-refractivity contribution in [1.82, 2.24) is 4.90 Å². The molecule has 0 aliphatic carbocycles. The van der Waals surface area contributed by atoms with Crippen LogP contribution in [-0.4, -0.2) is 49.2 Å². The third kappa shape index (κ3) is 5.38. The van der Waals surface area contributed by atoms with E-state index in [0.29, 0.717) is 18.1 Å². The van der Waals surface area contributed by atoms with Gasteiger partial charge in [-0.05, 0) is 51.3 Å². The molecule has 1 aromatic carbocycles. The summed E-state index contributed by atoms with van der Waals surface area (Å²) in [4.78, 5) is 26.1. The Labute approximate surface area is 153 Å². The predicted molar refractivity (Wildman–Crippen MR) is 94.0 cm³/mol. The highest BCUT2D eigenvalue weighted by Crippen LogP contribution is 2.29. The minimum atomic E-state index is -0.837. The van der Waals surface area contributed by atoms with Gasteiger partial charge < -0.3 is 19.1 Å². The van der Waals surface area contributed by atoms with Gasteiger partial charge in [-0.25, -0.2) is 4.79 Å². The molecule has 7 nitrogen and oxygen atoms in total. The lowest BCUT2D eigenvalue weighted by atomic mass is 10.1. The summed E-state index contributed by atoms with van der Waals surface area (Å²) in [6.07, 6.45) is 2.36. The number of hydrogen-bond acceptors (Lipinski definition) is 6. The molecule has 0 bridgehead atoms. The average Bonchev–Trinajstić information content (AvgIpc) is 2.67. The lowest BCUT2D eigenvalue weighted by molar-refractivity contribution is -0.134. The van der Waals surface area contributed by atoms with E-state index < -0.39 is 12.1 Å². The topological polar surface area (TPSA) is 88.9 Å². The van der Waals surface area contributed by atoms with E-state index in [9.17, 15) is 9.59 Å². The van der Waals surface area contributed by atoms with E-state index in [0.717, 1.165) is 32.4 Å². The van der Waals surface area contributed by atoms with Crippen LogP contribution < -0.4 is 9.47 Å². The lowest BCUT2D eigenvalue weighted by Crippen LogP contribution is -2.38. The number of amides is 1. The number of piperidine rings is 1. The number of nitriles is 1. The Bertz CT molecular complexity index is 677. The van der Waals surface area contributed by atoms with Crippen LogP contribution >= 0.6 is 0 Å². The number of nitrogens with zero attached hydrogens (tertiary/aromatic N) is 2. The molecule has 140 valence electrons. The van der Waals surface area contributed by atoms with E-state index in [1.54, 1.807) is 11.0 Å². The molecule has 1 fully saturated rings. The highest BCUT2D eigenvalue weighted by Gasteiger charge is 2.19. The zero-order valence-corrected chi connectivity index (χ0v) is 15.2. The molecule has 1 aliphatic heterocycles. The fourth-order valence-electron chi connectivity index (χ4n) is 2.65. The van der Waals surface area contributed by atoms with Crippen molar-refractivity contribution in [2.45, 2.75) is 39.2 Å². The molecular formula is C19H24N2O5. The van der Waals surface area contributed by atoms with E-state index >= 15 is 0 Å². The Morgan fingerprint density at radius 1 is 1.19 bits per heavy atom. The van der Waals surface area contributed by atoms with Gasteiger partial charge in [0.15, 0.2) is 24.2 Å². The first-order valence-electron chi connectivity index (χ1n) is 8.83. The molecule has 1 saturated heterocycles. The Morgan fingerprint density at radius 3 is 2.58 bits per heavy atom. The quantitative estimate of drug-likeness (QED) is 0.694. The zero-order valence-electron chi connectivity index (χ0n) is 15.2. The van der Waals surface area contributed by atoms with Gasteiger partial charge >= 0.3 is 5.97 Å². The molecule has 0 aromatic heterocycles.